The number of amidine groups is 1. The summed E-state index contributed by atoms with van der Waals surface area (Å²) < 4.78 is 0. The summed E-state index contributed by atoms with van der Waals surface area (Å²) in [4.78, 5) is 15.9. The van der Waals surface area contributed by atoms with E-state index in [0.29, 0.717) is 17.1 Å². The van der Waals surface area contributed by atoms with Crippen LogP contribution in [0.5, 0.6) is 0 Å². The molecule has 4 heteroatoms. The molecular weight excluding hydrogens is 226 g/mol. The maximum absolute atomic E-state index is 11.5. The van der Waals surface area contributed by atoms with Gasteiger partial charge >= 0.3 is 0 Å². The zero-order valence-corrected chi connectivity index (χ0v) is 11.7. The van der Waals surface area contributed by atoms with Gasteiger partial charge in [0.15, 0.2) is 5.78 Å². The van der Waals surface area contributed by atoms with Crippen molar-refractivity contribution in [2.75, 3.05) is 0 Å². The van der Waals surface area contributed by atoms with Gasteiger partial charge < -0.3 is 5.43 Å². The van der Waals surface area contributed by atoms with E-state index in [9.17, 15) is 4.79 Å². The van der Waals surface area contributed by atoms with Crippen LogP contribution in [0.1, 0.15) is 34.6 Å². The SMILES string of the molecule is C=C(C)/C(C(C)=O)=C(/C)N=C1C=CC(C)(C)NN1. The molecule has 98 valence electrons. The predicted octanol–water partition coefficient (Wildman–Crippen LogP) is 2.27. The molecule has 0 atom stereocenters. The van der Waals surface area contributed by atoms with Crippen LogP contribution in [0.15, 0.2) is 40.6 Å². The molecule has 0 aromatic rings. The molecule has 1 rings (SSSR count). The quantitative estimate of drug-likeness (QED) is 0.594. The van der Waals surface area contributed by atoms with Gasteiger partial charge in [-0.15, -0.1) is 0 Å². The van der Waals surface area contributed by atoms with Crippen molar-refractivity contribution in [2.45, 2.75) is 40.2 Å². The molecule has 0 bridgehead atoms. The standard InChI is InChI=1S/C14H21N3O/c1-9(2)13(11(4)18)10(3)15-12-7-8-14(5,6)17-16-12/h7-8,17H,1H2,2-6H3,(H,15,16)/b13-10+. The molecule has 0 fully saturated rings. The third-order valence-corrected chi connectivity index (χ3v) is 2.60. The van der Waals surface area contributed by atoms with Gasteiger partial charge in [-0.1, -0.05) is 12.7 Å². The Bertz CT molecular complexity index is 451. The molecule has 1 heterocycles. The highest BCUT2D eigenvalue weighted by Crippen LogP contribution is 2.16. The Labute approximate surface area is 109 Å². The average Bonchev–Trinajstić information content (AvgIpc) is 2.20. The van der Waals surface area contributed by atoms with Crippen LogP contribution in [0.2, 0.25) is 0 Å². The number of carbonyl (C=O) groups excluding carboxylic acids is 1. The van der Waals surface area contributed by atoms with Crippen LogP contribution in [-0.4, -0.2) is 17.2 Å². The molecule has 0 aromatic carbocycles. The second kappa shape index (κ2) is 5.31. The lowest BCUT2D eigenvalue weighted by Gasteiger charge is -2.27. The number of hydrogen-bond acceptors (Lipinski definition) is 3. The molecule has 0 spiro atoms. The maximum atomic E-state index is 11.5. The van der Waals surface area contributed by atoms with E-state index >= 15 is 0 Å². The van der Waals surface area contributed by atoms with Gasteiger partial charge in [0, 0.05) is 11.1 Å². The lowest BCUT2D eigenvalue weighted by Crippen LogP contribution is -2.52. The summed E-state index contributed by atoms with van der Waals surface area (Å²) in [5, 5.41) is 0. The van der Waals surface area contributed by atoms with E-state index in [1.165, 1.54) is 6.92 Å². The van der Waals surface area contributed by atoms with Gasteiger partial charge in [0.25, 0.3) is 0 Å². The summed E-state index contributed by atoms with van der Waals surface area (Å²) >= 11 is 0. The first-order chi connectivity index (χ1) is 8.23. The lowest BCUT2D eigenvalue weighted by atomic mass is 10.0. The monoisotopic (exact) mass is 247 g/mol. The average molecular weight is 247 g/mol. The van der Waals surface area contributed by atoms with Crippen molar-refractivity contribution in [3.63, 3.8) is 0 Å². The predicted molar refractivity (Wildman–Crippen MR) is 75.1 cm³/mol. The Morgan fingerprint density at radius 2 is 1.94 bits per heavy atom. The number of rotatable bonds is 3. The first-order valence-electron chi connectivity index (χ1n) is 5.92. The number of hydrazine groups is 1. The van der Waals surface area contributed by atoms with Gasteiger partial charge in [0.1, 0.15) is 5.84 Å². The summed E-state index contributed by atoms with van der Waals surface area (Å²) in [6.45, 7) is 13.1. The third kappa shape index (κ3) is 3.67. The first kappa shape index (κ1) is 14.4. The summed E-state index contributed by atoms with van der Waals surface area (Å²) in [6, 6.07) is 0. The number of ketones is 1. The topological polar surface area (TPSA) is 53.5 Å². The van der Waals surface area contributed by atoms with Crippen molar-refractivity contribution < 1.29 is 4.79 Å². The normalized spacial score (nSPS) is 21.3. The van der Waals surface area contributed by atoms with E-state index in [1.807, 2.05) is 39.8 Å². The molecule has 18 heavy (non-hydrogen) atoms. The molecular formula is C14H21N3O. The van der Waals surface area contributed by atoms with E-state index in [-0.39, 0.29) is 11.3 Å². The number of carbonyl (C=O) groups is 1. The smallest absolute Gasteiger partial charge is 0.161 e. The van der Waals surface area contributed by atoms with Crippen molar-refractivity contribution in [1.29, 1.82) is 0 Å². The molecule has 1 aliphatic rings. The van der Waals surface area contributed by atoms with Crippen LogP contribution in [0.25, 0.3) is 0 Å². The minimum Gasteiger partial charge on any atom is -0.305 e. The van der Waals surface area contributed by atoms with E-state index in [0.717, 1.165) is 5.57 Å². The van der Waals surface area contributed by atoms with Gasteiger partial charge in [-0.2, -0.15) is 0 Å². The molecule has 1 aliphatic heterocycles. The van der Waals surface area contributed by atoms with E-state index in [2.05, 4.69) is 22.4 Å². The number of nitrogens with zero attached hydrogens (tertiary/aromatic N) is 1. The fourth-order valence-corrected chi connectivity index (χ4v) is 1.76. The lowest BCUT2D eigenvalue weighted by molar-refractivity contribution is -0.113. The zero-order chi connectivity index (χ0) is 13.9. The Hall–Kier alpha value is -1.68. The minimum atomic E-state index is -0.103. The van der Waals surface area contributed by atoms with Crippen molar-refractivity contribution in [3.8, 4) is 0 Å². The third-order valence-electron chi connectivity index (χ3n) is 2.60. The maximum Gasteiger partial charge on any atom is 0.161 e. The van der Waals surface area contributed by atoms with E-state index < -0.39 is 0 Å². The van der Waals surface area contributed by atoms with Crippen LogP contribution in [0.4, 0.5) is 0 Å². The summed E-state index contributed by atoms with van der Waals surface area (Å²) in [6.07, 6.45) is 3.92. The van der Waals surface area contributed by atoms with Crippen LogP contribution in [0.3, 0.4) is 0 Å². The largest absolute Gasteiger partial charge is 0.305 e. The molecule has 0 aromatic heterocycles. The summed E-state index contributed by atoms with van der Waals surface area (Å²) in [5.41, 5.74) is 8.01. The number of hydrogen-bond donors (Lipinski definition) is 2. The first-order valence-corrected chi connectivity index (χ1v) is 5.92. The second-order valence-corrected chi connectivity index (χ2v) is 5.10. The highest BCUT2D eigenvalue weighted by Gasteiger charge is 2.17. The van der Waals surface area contributed by atoms with Gasteiger partial charge in [0.2, 0.25) is 0 Å². The van der Waals surface area contributed by atoms with Gasteiger partial charge in [-0.25, -0.2) is 10.4 Å². The van der Waals surface area contributed by atoms with Gasteiger partial charge in [-0.05, 0) is 46.3 Å². The van der Waals surface area contributed by atoms with Crippen LogP contribution < -0.4 is 10.9 Å². The van der Waals surface area contributed by atoms with Crippen molar-refractivity contribution in [2.24, 2.45) is 4.99 Å². The van der Waals surface area contributed by atoms with Crippen LogP contribution in [-0.2, 0) is 4.79 Å². The Balaban J connectivity index is 3.06. The second-order valence-electron chi connectivity index (χ2n) is 5.10. The zero-order valence-electron chi connectivity index (χ0n) is 11.7. The molecule has 2 N–H and O–H groups in total. The highest BCUT2D eigenvalue weighted by molar-refractivity contribution is 5.99. The number of nitrogens with one attached hydrogen (secondary N) is 2. The molecule has 0 unspecified atom stereocenters. The molecule has 4 nitrogen and oxygen atoms in total. The number of Topliss-reactive ketones (excluding diaryl/α,β-unsaturated/α-hetero) is 1. The molecule has 0 saturated carbocycles. The minimum absolute atomic E-state index is 0.0163. The van der Waals surface area contributed by atoms with Crippen molar-refractivity contribution in [1.82, 2.24) is 10.9 Å². The van der Waals surface area contributed by atoms with Crippen LogP contribution in [0, 0.1) is 0 Å². The molecule has 0 amide bonds. The van der Waals surface area contributed by atoms with E-state index in [4.69, 9.17) is 0 Å². The molecule has 0 radical (unpaired) electrons. The van der Waals surface area contributed by atoms with Gasteiger partial charge in [0.05, 0.1) is 5.70 Å². The summed E-state index contributed by atoms with van der Waals surface area (Å²) in [7, 11) is 0. The molecule has 0 saturated heterocycles. The fourth-order valence-electron chi connectivity index (χ4n) is 1.76. The van der Waals surface area contributed by atoms with Crippen LogP contribution >= 0.6 is 0 Å². The van der Waals surface area contributed by atoms with Crippen molar-refractivity contribution in [3.05, 3.63) is 35.6 Å². The van der Waals surface area contributed by atoms with Gasteiger partial charge in [-0.3, -0.25) is 4.79 Å². The summed E-state index contributed by atoms with van der Waals surface area (Å²) in [5.74, 6) is 0.671. The Morgan fingerprint density at radius 1 is 1.33 bits per heavy atom. The van der Waals surface area contributed by atoms with Crippen molar-refractivity contribution >= 4 is 11.6 Å². The Morgan fingerprint density at radius 3 is 2.33 bits per heavy atom. The number of aliphatic imine (C=N–C) groups is 1. The fraction of sp³-hybridized carbons (Fsp3) is 0.429. The number of allylic oxidation sites excluding steroid dienone is 3. The Kier molecular flexibility index (Phi) is 4.24. The highest BCUT2D eigenvalue weighted by atomic mass is 16.1. The van der Waals surface area contributed by atoms with E-state index in [1.54, 1.807) is 0 Å². The molecule has 0 aliphatic carbocycles.